The van der Waals surface area contributed by atoms with Gasteiger partial charge in [0.25, 0.3) is 0 Å². The molecule has 3 rings (SSSR count). The highest BCUT2D eigenvalue weighted by atomic mass is 16.5. The molecule has 0 saturated carbocycles. The van der Waals surface area contributed by atoms with Crippen LogP contribution in [0.25, 0.3) is 0 Å². The molecule has 1 aliphatic rings. The van der Waals surface area contributed by atoms with Gasteiger partial charge < -0.3 is 19.9 Å². The molecule has 0 unspecified atom stereocenters. The van der Waals surface area contributed by atoms with E-state index in [9.17, 15) is 4.79 Å². The molecule has 1 fully saturated rings. The van der Waals surface area contributed by atoms with Gasteiger partial charge in [-0.2, -0.15) is 0 Å². The first-order chi connectivity index (χ1) is 15.0. The van der Waals surface area contributed by atoms with E-state index in [2.05, 4.69) is 67.4 Å². The fourth-order valence-electron chi connectivity index (χ4n) is 4.23. The molecule has 1 N–H and O–H groups in total. The molecule has 0 aromatic heterocycles. The van der Waals surface area contributed by atoms with Crippen molar-refractivity contribution < 1.29 is 9.53 Å². The Morgan fingerprint density at radius 1 is 1.00 bits per heavy atom. The highest BCUT2D eigenvalue weighted by Gasteiger charge is 2.23. The molecule has 1 atom stereocenters. The molecule has 5 heteroatoms. The summed E-state index contributed by atoms with van der Waals surface area (Å²) >= 11 is 0. The van der Waals surface area contributed by atoms with Gasteiger partial charge in [-0.1, -0.05) is 51.5 Å². The minimum Gasteiger partial charge on any atom is -0.497 e. The largest absolute Gasteiger partial charge is 0.497 e. The van der Waals surface area contributed by atoms with E-state index in [1.54, 1.807) is 7.11 Å². The van der Waals surface area contributed by atoms with Crippen LogP contribution in [0.15, 0.2) is 48.5 Å². The number of hydrogen-bond donors (Lipinski definition) is 1. The van der Waals surface area contributed by atoms with Crippen molar-refractivity contribution in [1.29, 1.82) is 0 Å². The minimum atomic E-state index is 0.181. The number of piperazine rings is 1. The van der Waals surface area contributed by atoms with E-state index in [1.165, 1.54) is 16.8 Å². The van der Waals surface area contributed by atoms with Crippen molar-refractivity contribution in [2.75, 3.05) is 44.7 Å². The van der Waals surface area contributed by atoms with E-state index < -0.39 is 0 Å². The molecule has 168 valence electrons. The SMILES string of the molecule is CCCc1ccc([C@@H](NCC(=O)N2CCN(c3ccc(OC)cc3)CC2)C(C)C)cc1. The van der Waals surface area contributed by atoms with Crippen molar-refractivity contribution >= 4 is 11.6 Å². The second-order valence-corrected chi connectivity index (χ2v) is 8.66. The standard InChI is InChI=1S/C26H37N3O2/c1-5-6-21-7-9-22(10-8-21)26(20(2)3)27-19-25(30)29-17-15-28(16-18-29)23-11-13-24(31-4)14-12-23/h7-14,20,26-27H,5-6,15-19H2,1-4H3/t26-/m0/s1. The normalized spacial score (nSPS) is 15.3. The third-order valence-corrected chi connectivity index (χ3v) is 6.09. The number of nitrogens with one attached hydrogen (secondary N) is 1. The Morgan fingerprint density at radius 3 is 2.19 bits per heavy atom. The number of carbonyl (C=O) groups excluding carboxylic acids is 1. The highest BCUT2D eigenvalue weighted by Crippen LogP contribution is 2.23. The molecule has 1 aliphatic heterocycles. The predicted octanol–water partition coefficient (Wildman–Crippen LogP) is 4.28. The molecule has 31 heavy (non-hydrogen) atoms. The lowest BCUT2D eigenvalue weighted by molar-refractivity contribution is -0.130. The van der Waals surface area contributed by atoms with E-state index in [1.807, 2.05) is 17.0 Å². The zero-order chi connectivity index (χ0) is 22.2. The fraction of sp³-hybridized carbons (Fsp3) is 0.500. The summed E-state index contributed by atoms with van der Waals surface area (Å²) in [5.41, 5.74) is 3.81. The number of aryl methyl sites for hydroxylation is 1. The molecule has 0 aliphatic carbocycles. The van der Waals surface area contributed by atoms with E-state index in [0.717, 1.165) is 44.8 Å². The first-order valence-corrected chi connectivity index (χ1v) is 11.5. The van der Waals surface area contributed by atoms with Gasteiger partial charge >= 0.3 is 0 Å². The van der Waals surface area contributed by atoms with E-state index in [-0.39, 0.29) is 11.9 Å². The van der Waals surface area contributed by atoms with E-state index in [4.69, 9.17) is 4.74 Å². The summed E-state index contributed by atoms with van der Waals surface area (Å²) in [5, 5.41) is 3.52. The van der Waals surface area contributed by atoms with Crippen molar-refractivity contribution in [3.8, 4) is 5.75 Å². The number of carbonyl (C=O) groups is 1. The third-order valence-electron chi connectivity index (χ3n) is 6.09. The summed E-state index contributed by atoms with van der Waals surface area (Å²) in [4.78, 5) is 17.2. The third kappa shape index (κ3) is 6.23. The van der Waals surface area contributed by atoms with Crippen LogP contribution < -0.4 is 15.0 Å². The Hall–Kier alpha value is -2.53. The van der Waals surface area contributed by atoms with Crippen molar-refractivity contribution in [1.82, 2.24) is 10.2 Å². The number of amides is 1. The molecule has 2 aromatic carbocycles. The van der Waals surface area contributed by atoms with Gasteiger partial charge in [-0.3, -0.25) is 4.79 Å². The number of benzene rings is 2. The van der Waals surface area contributed by atoms with Crippen LogP contribution in [0.2, 0.25) is 0 Å². The molecular weight excluding hydrogens is 386 g/mol. The number of anilines is 1. The second kappa shape index (κ2) is 11.2. The van der Waals surface area contributed by atoms with Crippen molar-refractivity contribution in [3.05, 3.63) is 59.7 Å². The van der Waals surface area contributed by atoms with Gasteiger partial charge in [0.15, 0.2) is 0 Å². The van der Waals surface area contributed by atoms with E-state index in [0.29, 0.717) is 12.5 Å². The van der Waals surface area contributed by atoms with Crippen molar-refractivity contribution in [3.63, 3.8) is 0 Å². The monoisotopic (exact) mass is 423 g/mol. The van der Waals surface area contributed by atoms with Gasteiger partial charge in [-0.15, -0.1) is 0 Å². The average molecular weight is 424 g/mol. The van der Waals surface area contributed by atoms with Gasteiger partial charge in [0.1, 0.15) is 5.75 Å². The Morgan fingerprint density at radius 2 is 1.65 bits per heavy atom. The molecule has 5 nitrogen and oxygen atoms in total. The average Bonchev–Trinajstić information content (AvgIpc) is 2.80. The number of hydrogen-bond acceptors (Lipinski definition) is 4. The van der Waals surface area contributed by atoms with E-state index >= 15 is 0 Å². The molecule has 0 radical (unpaired) electrons. The van der Waals surface area contributed by atoms with Crippen LogP contribution in [-0.2, 0) is 11.2 Å². The highest BCUT2D eigenvalue weighted by molar-refractivity contribution is 5.78. The maximum Gasteiger partial charge on any atom is 0.236 e. The molecule has 1 heterocycles. The molecule has 0 spiro atoms. The predicted molar refractivity (Wildman–Crippen MR) is 128 cm³/mol. The van der Waals surface area contributed by atoms with Crippen LogP contribution >= 0.6 is 0 Å². The van der Waals surface area contributed by atoms with Gasteiger partial charge in [0.2, 0.25) is 5.91 Å². The van der Waals surface area contributed by atoms with Crippen LogP contribution in [-0.4, -0.2) is 50.6 Å². The first kappa shape index (κ1) is 23.1. The lowest BCUT2D eigenvalue weighted by atomic mass is 9.94. The first-order valence-electron chi connectivity index (χ1n) is 11.5. The number of nitrogens with zero attached hydrogens (tertiary/aromatic N) is 2. The Labute approximate surface area is 187 Å². The molecule has 1 saturated heterocycles. The Kier molecular flexibility index (Phi) is 8.35. The number of methoxy groups -OCH3 is 1. The maximum atomic E-state index is 12.9. The molecule has 1 amide bonds. The Balaban J connectivity index is 1.51. The summed E-state index contributed by atoms with van der Waals surface area (Å²) in [6, 6.07) is 17.2. The summed E-state index contributed by atoms with van der Waals surface area (Å²) < 4.78 is 5.24. The topological polar surface area (TPSA) is 44.8 Å². The molecule has 0 bridgehead atoms. The number of rotatable bonds is 9. The second-order valence-electron chi connectivity index (χ2n) is 8.66. The van der Waals surface area contributed by atoms with Gasteiger partial charge in [-0.25, -0.2) is 0 Å². The lowest BCUT2D eigenvalue weighted by Crippen LogP contribution is -2.51. The Bertz CT molecular complexity index is 810. The zero-order valence-electron chi connectivity index (χ0n) is 19.4. The van der Waals surface area contributed by atoms with Crippen molar-refractivity contribution in [2.24, 2.45) is 5.92 Å². The minimum absolute atomic E-state index is 0.181. The van der Waals surface area contributed by atoms with Gasteiger partial charge in [0.05, 0.1) is 13.7 Å². The summed E-state index contributed by atoms with van der Waals surface area (Å²) in [6.45, 7) is 10.2. The summed E-state index contributed by atoms with van der Waals surface area (Å²) in [7, 11) is 1.68. The number of ether oxygens (including phenoxy) is 1. The summed E-state index contributed by atoms with van der Waals surface area (Å²) in [6.07, 6.45) is 2.27. The van der Waals surface area contributed by atoms with Crippen LogP contribution in [0.3, 0.4) is 0 Å². The molecule has 2 aromatic rings. The smallest absolute Gasteiger partial charge is 0.236 e. The quantitative estimate of drug-likeness (QED) is 0.654. The lowest BCUT2D eigenvalue weighted by Gasteiger charge is -2.36. The van der Waals surface area contributed by atoms with Gasteiger partial charge in [0, 0.05) is 37.9 Å². The summed E-state index contributed by atoms with van der Waals surface area (Å²) in [5.74, 6) is 1.46. The van der Waals surface area contributed by atoms with Crippen LogP contribution in [0.1, 0.15) is 44.4 Å². The van der Waals surface area contributed by atoms with Crippen molar-refractivity contribution in [2.45, 2.75) is 39.7 Å². The fourth-order valence-corrected chi connectivity index (χ4v) is 4.23. The van der Waals surface area contributed by atoms with Gasteiger partial charge in [-0.05, 0) is 47.7 Å². The van der Waals surface area contributed by atoms with Crippen LogP contribution in [0.4, 0.5) is 5.69 Å². The zero-order valence-corrected chi connectivity index (χ0v) is 19.4. The van der Waals surface area contributed by atoms with Crippen LogP contribution in [0.5, 0.6) is 5.75 Å². The molecular formula is C26H37N3O2. The van der Waals surface area contributed by atoms with Crippen LogP contribution in [0, 0.1) is 5.92 Å². The maximum absolute atomic E-state index is 12.9.